The highest BCUT2D eigenvalue weighted by Gasteiger charge is 2.36. The van der Waals surface area contributed by atoms with Gasteiger partial charge in [0, 0.05) is 12.4 Å². The molecule has 1 aromatic heterocycles. The number of carbonyl (C=O) groups is 1. The van der Waals surface area contributed by atoms with Gasteiger partial charge in [-0.05, 0) is 24.5 Å². The molecule has 2 rings (SSSR count). The standard InChI is InChI=1S/C14H16N2O2/c1-3-11-4-6-12(7-5-11)14(2,13(17)18)16-9-8-15-10-16/h4-10H,3H2,1-2H3,(H,17,18). The van der Waals surface area contributed by atoms with Gasteiger partial charge in [0.05, 0.1) is 6.33 Å². The molecule has 0 bridgehead atoms. The fourth-order valence-corrected chi connectivity index (χ4v) is 1.97. The number of nitrogens with zero attached hydrogens (tertiary/aromatic N) is 2. The summed E-state index contributed by atoms with van der Waals surface area (Å²) in [4.78, 5) is 15.6. The largest absolute Gasteiger partial charge is 0.479 e. The van der Waals surface area contributed by atoms with E-state index >= 15 is 0 Å². The van der Waals surface area contributed by atoms with E-state index in [0.717, 1.165) is 12.0 Å². The van der Waals surface area contributed by atoms with Crippen LogP contribution in [0.1, 0.15) is 25.0 Å². The summed E-state index contributed by atoms with van der Waals surface area (Å²) in [6.45, 7) is 3.75. The van der Waals surface area contributed by atoms with Crippen molar-refractivity contribution in [2.75, 3.05) is 0 Å². The molecule has 2 aromatic rings. The third kappa shape index (κ3) is 1.90. The predicted octanol–water partition coefficient (Wildman–Crippen LogP) is 2.29. The molecule has 1 atom stereocenters. The first-order valence-electron chi connectivity index (χ1n) is 5.90. The van der Waals surface area contributed by atoms with Gasteiger partial charge in [0.15, 0.2) is 5.54 Å². The summed E-state index contributed by atoms with van der Waals surface area (Å²) in [5.74, 6) is -0.898. The summed E-state index contributed by atoms with van der Waals surface area (Å²) in [6, 6.07) is 7.67. The first-order chi connectivity index (χ1) is 8.59. The number of hydrogen-bond donors (Lipinski definition) is 1. The quantitative estimate of drug-likeness (QED) is 0.897. The Morgan fingerprint density at radius 3 is 2.50 bits per heavy atom. The summed E-state index contributed by atoms with van der Waals surface area (Å²) in [5, 5.41) is 9.54. The van der Waals surface area contributed by atoms with Crippen LogP contribution in [0.15, 0.2) is 43.0 Å². The molecule has 4 nitrogen and oxygen atoms in total. The van der Waals surface area contributed by atoms with Crippen molar-refractivity contribution in [1.82, 2.24) is 9.55 Å². The van der Waals surface area contributed by atoms with Crippen molar-refractivity contribution >= 4 is 5.97 Å². The minimum absolute atomic E-state index is 0.741. The molecule has 0 saturated heterocycles. The van der Waals surface area contributed by atoms with Crippen molar-refractivity contribution < 1.29 is 9.90 Å². The highest BCUT2D eigenvalue weighted by molar-refractivity contribution is 5.80. The number of aryl methyl sites for hydroxylation is 1. The molecule has 1 unspecified atom stereocenters. The van der Waals surface area contributed by atoms with Crippen LogP contribution in [0, 0.1) is 0 Å². The molecule has 1 N–H and O–H groups in total. The number of carboxylic acid groups (broad SMARTS) is 1. The van der Waals surface area contributed by atoms with Crippen LogP contribution in [-0.2, 0) is 16.8 Å². The van der Waals surface area contributed by atoms with E-state index in [4.69, 9.17) is 0 Å². The average Bonchev–Trinajstić information content (AvgIpc) is 2.92. The van der Waals surface area contributed by atoms with E-state index in [1.807, 2.05) is 24.3 Å². The van der Waals surface area contributed by atoms with Crippen molar-refractivity contribution in [2.45, 2.75) is 25.8 Å². The normalized spacial score (nSPS) is 14.1. The van der Waals surface area contributed by atoms with Gasteiger partial charge in [0.2, 0.25) is 0 Å². The van der Waals surface area contributed by atoms with Crippen molar-refractivity contribution in [1.29, 1.82) is 0 Å². The van der Waals surface area contributed by atoms with Gasteiger partial charge in [0.25, 0.3) is 0 Å². The molecule has 0 amide bonds. The molecule has 4 heteroatoms. The zero-order valence-electron chi connectivity index (χ0n) is 10.5. The van der Waals surface area contributed by atoms with E-state index in [-0.39, 0.29) is 0 Å². The molecular formula is C14H16N2O2. The number of aromatic nitrogens is 2. The van der Waals surface area contributed by atoms with Crippen LogP contribution in [-0.4, -0.2) is 20.6 Å². The van der Waals surface area contributed by atoms with Gasteiger partial charge in [-0.1, -0.05) is 31.2 Å². The van der Waals surface area contributed by atoms with Crippen molar-refractivity contribution in [3.8, 4) is 0 Å². The Bertz CT molecular complexity index is 531. The third-order valence-electron chi connectivity index (χ3n) is 3.36. The molecule has 0 fully saturated rings. The lowest BCUT2D eigenvalue weighted by molar-refractivity contribution is -0.144. The smallest absolute Gasteiger partial charge is 0.334 e. The number of hydrogen-bond acceptors (Lipinski definition) is 2. The van der Waals surface area contributed by atoms with Gasteiger partial charge in [-0.15, -0.1) is 0 Å². The molecular weight excluding hydrogens is 228 g/mol. The van der Waals surface area contributed by atoms with Gasteiger partial charge in [-0.3, -0.25) is 0 Å². The Hall–Kier alpha value is -2.10. The van der Waals surface area contributed by atoms with Gasteiger partial charge >= 0.3 is 5.97 Å². The van der Waals surface area contributed by atoms with Crippen LogP contribution in [0.3, 0.4) is 0 Å². The maximum Gasteiger partial charge on any atom is 0.334 e. The Kier molecular flexibility index (Phi) is 3.19. The van der Waals surface area contributed by atoms with Gasteiger partial charge in [-0.2, -0.15) is 0 Å². The topological polar surface area (TPSA) is 55.1 Å². The van der Waals surface area contributed by atoms with Crippen LogP contribution in [0.25, 0.3) is 0 Å². The second kappa shape index (κ2) is 4.64. The maximum absolute atomic E-state index is 11.6. The Morgan fingerprint density at radius 1 is 1.39 bits per heavy atom. The molecule has 0 spiro atoms. The summed E-state index contributed by atoms with van der Waals surface area (Å²) in [5.41, 5.74) is 0.810. The predicted molar refractivity (Wildman–Crippen MR) is 68.4 cm³/mol. The fraction of sp³-hybridized carbons (Fsp3) is 0.286. The lowest BCUT2D eigenvalue weighted by atomic mass is 9.91. The molecule has 1 heterocycles. The van der Waals surface area contributed by atoms with Crippen LogP contribution < -0.4 is 0 Å². The van der Waals surface area contributed by atoms with E-state index < -0.39 is 11.5 Å². The first-order valence-corrected chi connectivity index (χ1v) is 5.90. The zero-order valence-corrected chi connectivity index (χ0v) is 10.5. The van der Waals surface area contributed by atoms with Crippen LogP contribution in [0.4, 0.5) is 0 Å². The monoisotopic (exact) mass is 244 g/mol. The van der Waals surface area contributed by atoms with E-state index in [0.29, 0.717) is 0 Å². The lowest BCUT2D eigenvalue weighted by Crippen LogP contribution is -2.39. The molecule has 0 aliphatic carbocycles. The molecule has 0 radical (unpaired) electrons. The Balaban J connectivity index is 2.50. The van der Waals surface area contributed by atoms with Crippen LogP contribution >= 0.6 is 0 Å². The van der Waals surface area contributed by atoms with E-state index in [1.165, 1.54) is 11.9 Å². The molecule has 0 saturated carbocycles. The number of rotatable bonds is 4. The number of aliphatic carboxylic acids is 1. The van der Waals surface area contributed by atoms with Crippen LogP contribution in [0.2, 0.25) is 0 Å². The summed E-state index contributed by atoms with van der Waals surface area (Å²) in [6.07, 6.45) is 5.72. The fourth-order valence-electron chi connectivity index (χ4n) is 1.97. The first kappa shape index (κ1) is 12.4. The summed E-state index contributed by atoms with van der Waals surface area (Å²) in [7, 11) is 0. The van der Waals surface area contributed by atoms with Crippen molar-refractivity contribution in [3.63, 3.8) is 0 Å². The van der Waals surface area contributed by atoms with Crippen molar-refractivity contribution in [3.05, 3.63) is 54.1 Å². The lowest BCUT2D eigenvalue weighted by Gasteiger charge is -2.27. The van der Waals surface area contributed by atoms with E-state index in [1.54, 1.807) is 23.9 Å². The maximum atomic E-state index is 11.6. The SMILES string of the molecule is CCc1ccc(C(C)(C(=O)O)n2ccnc2)cc1. The molecule has 94 valence electrons. The van der Waals surface area contributed by atoms with E-state index in [2.05, 4.69) is 11.9 Å². The number of imidazole rings is 1. The van der Waals surface area contributed by atoms with Gasteiger partial charge in [0.1, 0.15) is 0 Å². The molecule has 0 aliphatic heterocycles. The number of benzene rings is 1. The minimum atomic E-state index is -1.12. The van der Waals surface area contributed by atoms with Crippen molar-refractivity contribution in [2.24, 2.45) is 0 Å². The molecule has 0 aliphatic rings. The van der Waals surface area contributed by atoms with Gasteiger partial charge < -0.3 is 9.67 Å². The molecule has 18 heavy (non-hydrogen) atoms. The second-order valence-electron chi connectivity index (χ2n) is 4.40. The van der Waals surface area contributed by atoms with Crippen LogP contribution in [0.5, 0.6) is 0 Å². The third-order valence-corrected chi connectivity index (χ3v) is 3.36. The van der Waals surface area contributed by atoms with Gasteiger partial charge in [-0.25, -0.2) is 9.78 Å². The highest BCUT2D eigenvalue weighted by Crippen LogP contribution is 2.26. The summed E-state index contributed by atoms with van der Waals surface area (Å²) < 4.78 is 1.61. The Morgan fingerprint density at radius 2 is 2.06 bits per heavy atom. The van der Waals surface area contributed by atoms with E-state index in [9.17, 15) is 9.90 Å². The highest BCUT2D eigenvalue weighted by atomic mass is 16.4. The Labute approximate surface area is 106 Å². The average molecular weight is 244 g/mol. The minimum Gasteiger partial charge on any atom is -0.479 e. The second-order valence-corrected chi connectivity index (χ2v) is 4.40. The number of carboxylic acids is 1. The molecule has 1 aromatic carbocycles. The summed E-state index contributed by atoms with van der Waals surface area (Å²) >= 11 is 0. The zero-order chi connectivity index (χ0) is 13.2.